The average Bonchev–Trinajstić information content (AvgIpc) is 2.78. The van der Waals surface area contributed by atoms with Crippen LogP contribution in [0, 0.1) is 0 Å². The van der Waals surface area contributed by atoms with Crippen LogP contribution >= 0.6 is 0 Å². The third kappa shape index (κ3) is 5.01. The Bertz CT molecular complexity index is 404. The molecule has 0 atom stereocenters. The van der Waals surface area contributed by atoms with Crippen LogP contribution in [0.3, 0.4) is 0 Å². The zero-order valence-corrected chi connectivity index (χ0v) is 13.3. The van der Waals surface area contributed by atoms with Crippen LogP contribution in [0.15, 0.2) is 4.99 Å². The molecule has 0 saturated heterocycles. The maximum Gasteiger partial charge on any atom is 0.191 e. The lowest BCUT2D eigenvalue weighted by atomic mass is 10.2. The molecule has 0 aromatic rings. The molecule has 1 rings (SSSR count). The largest absolute Gasteiger partial charge is 0.355 e. The van der Waals surface area contributed by atoms with Gasteiger partial charge in [0.1, 0.15) is 0 Å². The fourth-order valence-electron chi connectivity index (χ4n) is 2.07. The smallest absolute Gasteiger partial charge is 0.191 e. The number of aliphatic imine (C=N–C) groups is 1. The number of nitrogens with one attached hydrogen (secondary N) is 2. The van der Waals surface area contributed by atoms with Crippen LogP contribution in [0.1, 0.15) is 46.5 Å². The lowest BCUT2D eigenvalue weighted by Gasteiger charge is -2.20. The molecule has 1 aliphatic rings. The quantitative estimate of drug-likeness (QED) is 0.605. The summed E-state index contributed by atoms with van der Waals surface area (Å²) in [5.41, 5.74) is 0. The normalized spacial score (nSPS) is 18.6. The second kappa shape index (κ2) is 6.59. The Balaban J connectivity index is 2.38. The summed E-state index contributed by atoms with van der Waals surface area (Å²) in [5, 5.41) is 6.42. The fourth-order valence-corrected chi connectivity index (χ4v) is 3.05. The van der Waals surface area contributed by atoms with Crippen molar-refractivity contribution >= 4 is 15.8 Å². The van der Waals surface area contributed by atoms with E-state index in [4.69, 9.17) is 0 Å². The highest BCUT2D eigenvalue weighted by atomic mass is 32.2. The number of guanidine groups is 1. The predicted molar refractivity (Wildman–Crippen MR) is 80.3 cm³/mol. The highest BCUT2D eigenvalue weighted by molar-refractivity contribution is 7.92. The van der Waals surface area contributed by atoms with E-state index in [1.807, 2.05) is 0 Å². The van der Waals surface area contributed by atoms with Crippen LogP contribution in [0.5, 0.6) is 0 Å². The van der Waals surface area contributed by atoms with Crippen molar-refractivity contribution in [2.24, 2.45) is 4.99 Å². The van der Waals surface area contributed by atoms with Crippen LogP contribution in [0.4, 0.5) is 0 Å². The predicted octanol–water partition coefficient (Wildman–Crippen LogP) is 1.31. The molecule has 0 radical (unpaired) electrons. The van der Waals surface area contributed by atoms with E-state index in [-0.39, 0.29) is 5.75 Å². The van der Waals surface area contributed by atoms with Crippen molar-refractivity contribution in [3.8, 4) is 0 Å². The molecular formula is C13H27N3O2S. The van der Waals surface area contributed by atoms with E-state index in [2.05, 4.69) is 15.6 Å². The van der Waals surface area contributed by atoms with Gasteiger partial charge >= 0.3 is 0 Å². The number of sulfone groups is 1. The molecule has 19 heavy (non-hydrogen) atoms. The van der Waals surface area contributed by atoms with Crippen LogP contribution in [-0.2, 0) is 9.84 Å². The van der Waals surface area contributed by atoms with Crippen LogP contribution < -0.4 is 10.6 Å². The molecule has 0 heterocycles. The standard InChI is InChI=1S/C13H27N3O2S/c1-13(2,3)19(17,18)10-9-15-12(14-4)16-11-7-5-6-8-11/h11H,5-10H2,1-4H3,(H2,14,15,16). The van der Waals surface area contributed by atoms with Gasteiger partial charge in [0.05, 0.1) is 10.5 Å². The minimum atomic E-state index is -3.07. The van der Waals surface area contributed by atoms with Crippen LogP contribution in [-0.4, -0.2) is 44.5 Å². The summed E-state index contributed by atoms with van der Waals surface area (Å²) in [4.78, 5) is 4.13. The first-order chi connectivity index (χ1) is 8.76. The summed E-state index contributed by atoms with van der Waals surface area (Å²) >= 11 is 0. The van der Waals surface area contributed by atoms with E-state index < -0.39 is 14.6 Å². The number of rotatable bonds is 4. The third-order valence-corrected chi connectivity index (χ3v) is 6.12. The van der Waals surface area contributed by atoms with Gasteiger partial charge in [-0.2, -0.15) is 0 Å². The summed E-state index contributed by atoms with van der Waals surface area (Å²) in [6, 6.07) is 0.477. The van der Waals surface area contributed by atoms with Crippen molar-refractivity contribution in [1.82, 2.24) is 10.6 Å². The molecular weight excluding hydrogens is 262 g/mol. The number of nitrogens with zero attached hydrogens (tertiary/aromatic N) is 1. The van der Waals surface area contributed by atoms with Gasteiger partial charge in [-0.1, -0.05) is 12.8 Å². The summed E-state index contributed by atoms with van der Waals surface area (Å²) < 4.78 is 23.2. The molecule has 112 valence electrons. The van der Waals surface area contributed by atoms with Crippen molar-refractivity contribution in [2.75, 3.05) is 19.3 Å². The van der Waals surface area contributed by atoms with Crippen molar-refractivity contribution in [3.63, 3.8) is 0 Å². The highest BCUT2D eigenvalue weighted by Crippen LogP contribution is 2.17. The first-order valence-electron chi connectivity index (χ1n) is 6.96. The Hall–Kier alpha value is -0.780. The van der Waals surface area contributed by atoms with Gasteiger partial charge in [0.25, 0.3) is 0 Å². The summed E-state index contributed by atoms with van der Waals surface area (Å²) in [6.45, 7) is 5.59. The van der Waals surface area contributed by atoms with Crippen molar-refractivity contribution in [1.29, 1.82) is 0 Å². The van der Waals surface area contributed by atoms with Gasteiger partial charge in [0.15, 0.2) is 15.8 Å². The molecule has 6 heteroatoms. The van der Waals surface area contributed by atoms with Gasteiger partial charge in [-0.3, -0.25) is 4.99 Å². The number of hydrogen-bond donors (Lipinski definition) is 2. The summed E-state index contributed by atoms with van der Waals surface area (Å²) in [5.74, 6) is 0.831. The van der Waals surface area contributed by atoms with Gasteiger partial charge in [-0.15, -0.1) is 0 Å². The Morgan fingerprint density at radius 1 is 1.26 bits per heavy atom. The molecule has 1 aliphatic carbocycles. The summed E-state index contributed by atoms with van der Waals surface area (Å²) in [7, 11) is -1.36. The second-order valence-electron chi connectivity index (χ2n) is 6.06. The molecule has 2 N–H and O–H groups in total. The third-order valence-electron chi connectivity index (χ3n) is 3.52. The van der Waals surface area contributed by atoms with Crippen molar-refractivity contribution < 1.29 is 8.42 Å². The molecule has 1 saturated carbocycles. The van der Waals surface area contributed by atoms with Gasteiger partial charge in [-0.05, 0) is 33.6 Å². The van der Waals surface area contributed by atoms with E-state index in [1.165, 1.54) is 25.7 Å². The van der Waals surface area contributed by atoms with Crippen LogP contribution in [0.25, 0.3) is 0 Å². The molecule has 0 unspecified atom stereocenters. The average molecular weight is 289 g/mol. The minimum absolute atomic E-state index is 0.127. The first-order valence-corrected chi connectivity index (χ1v) is 8.61. The van der Waals surface area contributed by atoms with E-state index in [9.17, 15) is 8.42 Å². The van der Waals surface area contributed by atoms with E-state index in [0.29, 0.717) is 18.5 Å². The van der Waals surface area contributed by atoms with E-state index in [1.54, 1.807) is 27.8 Å². The molecule has 0 amide bonds. The van der Waals surface area contributed by atoms with Crippen molar-refractivity contribution in [2.45, 2.75) is 57.2 Å². The second-order valence-corrected chi connectivity index (χ2v) is 8.92. The monoisotopic (exact) mass is 289 g/mol. The van der Waals surface area contributed by atoms with Crippen molar-refractivity contribution in [3.05, 3.63) is 0 Å². The van der Waals surface area contributed by atoms with E-state index in [0.717, 1.165) is 0 Å². The zero-order valence-electron chi connectivity index (χ0n) is 12.5. The number of hydrogen-bond acceptors (Lipinski definition) is 3. The van der Waals surface area contributed by atoms with Crippen LogP contribution in [0.2, 0.25) is 0 Å². The molecule has 0 bridgehead atoms. The maximum atomic E-state index is 12.0. The molecule has 5 nitrogen and oxygen atoms in total. The lowest BCUT2D eigenvalue weighted by Crippen LogP contribution is -2.44. The van der Waals surface area contributed by atoms with Gasteiger partial charge in [0.2, 0.25) is 0 Å². The zero-order chi connectivity index (χ0) is 14.5. The molecule has 0 aromatic carbocycles. The molecule has 1 fully saturated rings. The van der Waals surface area contributed by atoms with Gasteiger partial charge in [0, 0.05) is 19.6 Å². The topological polar surface area (TPSA) is 70.6 Å². The Labute approximate surface area is 117 Å². The minimum Gasteiger partial charge on any atom is -0.355 e. The maximum absolute atomic E-state index is 12.0. The SMILES string of the molecule is CN=C(NCCS(=O)(=O)C(C)(C)C)NC1CCCC1. The van der Waals surface area contributed by atoms with E-state index >= 15 is 0 Å². The van der Waals surface area contributed by atoms with Gasteiger partial charge < -0.3 is 10.6 Å². The first kappa shape index (κ1) is 16.3. The Morgan fingerprint density at radius 2 is 1.84 bits per heavy atom. The molecule has 0 aliphatic heterocycles. The highest BCUT2D eigenvalue weighted by Gasteiger charge is 2.28. The summed E-state index contributed by atoms with van der Waals surface area (Å²) in [6.07, 6.45) is 4.85. The van der Waals surface area contributed by atoms with Gasteiger partial charge in [-0.25, -0.2) is 8.42 Å². The Morgan fingerprint density at radius 3 is 2.32 bits per heavy atom. The lowest BCUT2D eigenvalue weighted by molar-refractivity contribution is 0.558. The fraction of sp³-hybridized carbons (Fsp3) is 0.923. The Kier molecular flexibility index (Phi) is 5.64. The molecule has 0 aromatic heterocycles. The molecule has 0 spiro atoms.